The van der Waals surface area contributed by atoms with Crippen LogP contribution in [0.3, 0.4) is 0 Å². The second-order valence-electron chi connectivity index (χ2n) is 7.98. The van der Waals surface area contributed by atoms with Crippen molar-refractivity contribution in [1.82, 2.24) is 14.9 Å². The number of benzene rings is 2. The van der Waals surface area contributed by atoms with Crippen LogP contribution in [0.1, 0.15) is 42.0 Å². The fraction of sp³-hybridized carbons (Fsp3) is 0.435. The first-order valence-electron chi connectivity index (χ1n) is 10.5. The van der Waals surface area contributed by atoms with Crippen molar-refractivity contribution >= 4 is 15.9 Å². The molecular formula is C23H31N3O3S. The summed E-state index contributed by atoms with van der Waals surface area (Å²) in [6.07, 6.45) is 4.29. The van der Waals surface area contributed by atoms with E-state index in [9.17, 15) is 13.2 Å². The Kier molecular flexibility index (Phi) is 7.64. The number of rotatable bonds is 9. The quantitative estimate of drug-likeness (QED) is 0.642. The summed E-state index contributed by atoms with van der Waals surface area (Å²) < 4.78 is 27.7. The molecule has 2 aromatic rings. The fourth-order valence-electron chi connectivity index (χ4n) is 3.83. The summed E-state index contributed by atoms with van der Waals surface area (Å²) in [4.78, 5) is 14.6. The first kappa shape index (κ1) is 22.5. The Bertz CT molecular complexity index is 959. The van der Waals surface area contributed by atoms with Crippen molar-refractivity contribution < 1.29 is 13.2 Å². The lowest BCUT2D eigenvalue weighted by atomic mass is 9.92. The highest BCUT2D eigenvalue weighted by Gasteiger charge is 2.19. The van der Waals surface area contributed by atoms with Crippen LogP contribution in [0.25, 0.3) is 0 Å². The highest BCUT2D eigenvalue weighted by atomic mass is 32.2. The molecule has 0 spiro atoms. The maximum absolute atomic E-state index is 12.6. The van der Waals surface area contributed by atoms with Crippen molar-refractivity contribution in [3.8, 4) is 0 Å². The molecule has 1 amide bonds. The Balaban J connectivity index is 1.50. The summed E-state index contributed by atoms with van der Waals surface area (Å²) in [5.41, 5.74) is 3.49. The molecule has 0 heterocycles. The first-order chi connectivity index (χ1) is 14.4. The summed E-state index contributed by atoms with van der Waals surface area (Å²) >= 11 is 0. The number of carbonyl (C=O) groups excluding carboxylic acids is 1. The van der Waals surface area contributed by atoms with Crippen LogP contribution in [-0.4, -0.2) is 46.4 Å². The zero-order valence-corrected chi connectivity index (χ0v) is 18.5. The maximum Gasteiger partial charge on any atom is 0.240 e. The minimum Gasteiger partial charge on any atom is -0.354 e. The number of hydrogen-bond acceptors (Lipinski definition) is 4. The van der Waals surface area contributed by atoms with Gasteiger partial charge in [0, 0.05) is 19.5 Å². The predicted molar refractivity (Wildman–Crippen MR) is 119 cm³/mol. The number of hydrogen-bond donors (Lipinski definition) is 2. The van der Waals surface area contributed by atoms with E-state index in [4.69, 9.17) is 0 Å². The smallest absolute Gasteiger partial charge is 0.240 e. The molecule has 3 rings (SSSR count). The van der Waals surface area contributed by atoms with Crippen LogP contribution in [0.2, 0.25) is 0 Å². The van der Waals surface area contributed by atoms with Crippen molar-refractivity contribution in [2.24, 2.45) is 0 Å². The zero-order chi connectivity index (χ0) is 21.6. The van der Waals surface area contributed by atoms with Gasteiger partial charge in [-0.05, 0) is 68.6 Å². The van der Waals surface area contributed by atoms with Gasteiger partial charge in [-0.3, -0.25) is 4.79 Å². The highest BCUT2D eigenvalue weighted by molar-refractivity contribution is 7.89. The molecule has 1 atom stereocenters. The van der Waals surface area contributed by atoms with Crippen LogP contribution < -0.4 is 10.0 Å². The molecule has 0 bridgehead atoms. The number of likely N-dealkylation sites (N-methyl/N-ethyl adjacent to an activating group) is 1. The van der Waals surface area contributed by atoms with E-state index >= 15 is 0 Å². The van der Waals surface area contributed by atoms with Crippen LogP contribution >= 0.6 is 0 Å². The SMILES string of the molecule is CN(C)C(CNC(=O)CCNS(=O)(=O)c1ccc2c(c1)CCCC2)c1ccccc1. The molecule has 1 unspecified atom stereocenters. The van der Waals surface area contributed by atoms with Gasteiger partial charge in [0.25, 0.3) is 0 Å². The monoisotopic (exact) mass is 429 g/mol. The molecule has 0 aliphatic heterocycles. The Morgan fingerprint density at radius 2 is 1.73 bits per heavy atom. The fourth-order valence-corrected chi connectivity index (χ4v) is 4.91. The molecule has 0 saturated carbocycles. The molecule has 6 nitrogen and oxygen atoms in total. The summed E-state index contributed by atoms with van der Waals surface area (Å²) in [6.45, 7) is 0.538. The molecule has 2 N–H and O–H groups in total. The Morgan fingerprint density at radius 1 is 1.03 bits per heavy atom. The third-order valence-corrected chi connectivity index (χ3v) is 7.03. The van der Waals surface area contributed by atoms with Crippen LogP contribution in [-0.2, 0) is 27.7 Å². The lowest BCUT2D eigenvalue weighted by Gasteiger charge is -2.25. The summed E-state index contributed by atoms with van der Waals surface area (Å²) in [5, 5.41) is 2.91. The van der Waals surface area contributed by atoms with Gasteiger partial charge in [0.1, 0.15) is 0 Å². The number of amides is 1. The second kappa shape index (κ2) is 10.2. The number of nitrogens with zero attached hydrogens (tertiary/aromatic N) is 1. The standard InChI is InChI=1S/C23H31N3O3S/c1-26(2)22(19-9-4-3-5-10-19)17-24-23(27)14-15-25-30(28,29)21-13-12-18-8-6-7-11-20(18)16-21/h3-5,9-10,12-13,16,22,25H,6-8,11,14-15,17H2,1-2H3,(H,24,27). The van der Waals surface area contributed by atoms with Gasteiger partial charge >= 0.3 is 0 Å². The minimum atomic E-state index is -3.62. The zero-order valence-electron chi connectivity index (χ0n) is 17.7. The lowest BCUT2D eigenvalue weighted by molar-refractivity contribution is -0.121. The third kappa shape index (κ3) is 5.90. The first-order valence-corrected chi connectivity index (χ1v) is 11.9. The van der Waals surface area contributed by atoms with Gasteiger partial charge in [-0.15, -0.1) is 0 Å². The van der Waals surface area contributed by atoms with Gasteiger partial charge in [-0.25, -0.2) is 13.1 Å². The molecule has 0 saturated heterocycles. The summed E-state index contributed by atoms with van der Waals surface area (Å²) in [6, 6.07) is 15.4. The third-order valence-electron chi connectivity index (χ3n) is 5.57. The van der Waals surface area contributed by atoms with Crippen molar-refractivity contribution in [2.75, 3.05) is 27.2 Å². The molecule has 1 aliphatic rings. The number of carbonyl (C=O) groups is 1. The molecular weight excluding hydrogens is 398 g/mol. The molecule has 2 aromatic carbocycles. The van der Waals surface area contributed by atoms with E-state index in [1.807, 2.05) is 50.5 Å². The molecule has 0 aromatic heterocycles. The number of fused-ring (bicyclic) bond motifs is 1. The average Bonchev–Trinajstić information content (AvgIpc) is 2.74. The van der Waals surface area contributed by atoms with E-state index in [0.29, 0.717) is 6.54 Å². The van der Waals surface area contributed by atoms with Crippen LogP contribution in [0, 0.1) is 0 Å². The molecule has 162 valence electrons. The number of nitrogens with one attached hydrogen (secondary N) is 2. The molecule has 7 heteroatoms. The van der Waals surface area contributed by atoms with Gasteiger partial charge in [0.05, 0.1) is 10.9 Å². The van der Waals surface area contributed by atoms with Crippen molar-refractivity contribution in [3.05, 3.63) is 65.2 Å². The summed E-state index contributed by atoms with van der Waals surface area (Å²) in [7, 11) is 0.322. The topological polar surface area (TPSA) is 78.5 Å². The predicted octanol–water partition coefficient (Wildman–Crippen LogP) is 2.65. The highest BCUT2D eigenvalue weighted by Crippen LogP contribution is 2.24. The van der Waals surface area contributed by atoms with Gasteiger partial charge < -0.3 is 10.2 Å². The van der Waals surface area contributed by atoms with Crippen molar-refractivity contribution in [2.45, 2.75) is 43.0 Å². The van der Waals surface area contributed by atoms with Crippen LogP contribution in [0.4, 0.5) is 0 Å². The molecule has 0 fully saturated rings. The Morgan fingerprint density at radius 3 is 2.43 bits per heavy atom. The Hall–Kier alpha value is -2.22. The van der Waals surface area contributed by atoms with Crippen LogP contribution in [0.15, 0.2) is 53.4 Å². The van der Waals surface area contributed by atoms with E-state index in [-0.39, 0.29) is 29.8 Å². The van der Waals surface area contributed by atoms with Gasteiger partial charge in [-0.2, -0.15) is 0 Å². The molecule has 1 aliphatic carbocycles. The lowest BCUT2D eigenvalue weighted by Crippen LogP contribution is -2.36. The molecule has 30 heavy (non-hydrogen) atoms. The number of sulfonamides is 1. The normalized spacial score (nSPS) is 14.9. The van der Waals surface area contributed by atoms with E-state index in [0.717, 1.165) is 36.8 Å². The second-order valence-corrected chi connectivity index (χ2v) is 9.75. The van der Waals surface area contributed by atoms with Crippen molar-refractivity contribution in [1.29, 1.82) is 0 Å². The minimum absolute atomic E-state index is 0.0577. The largest absolute Gasteiger partial charge is 0.354 e. The van der Waals surface area contributed by atoms with Crippen LogP contribution in [0.5, 0.6) is 0 Å². The van der Waals surface area contributed by atoms with E-state index in [1.54, 1.807) is 12.1 Å². The van der Waals surface area contributed by atoms with E-state index in [2.05, 4.69) is 14.9 Å². The average molecular weight is 430 g/mol. The van der Waals surface area contributed by atoms with Gasteiger partial charge in [0.15, 0.2) is 0 Å². The van der Waals surface area contributed by atoms with E-state index in [1.165, 1.54) is 5.56 Å². The van der Waals surface area contributed by atoms with E-state index < -0.39 is 10.0 Å². The Labute approximate surface area is 179 Å². The molecule has 0 radical (unpaired) electrons. The maximum atomic E-state index is 12.6. The van der Waals surface area contributed by atoms with Crippen molar-refractivity contribution in [3.63, 3.8) is 0 Å². The van der Waals surface area contributed by atoms with Gasteiger partial charge in [0.2, 0.25) is 15.9 Å². The van der Waals surface area contributed by atoms with Gasteiger partial charge in [-0.1, -0.05) is 36.4 Å². The number of aryl methyl sites for hydroxylation is 2. The summed E-state index contributed by atoms with van der Waals surface area (Å²) in [5.74, 6) is -0.175.